The van der Waals surface area contributed by atoms with Crippen molar-refractivity contribution in [1.29, 1.82) is 0 Å². The molecule has 2 heterocycles. The van der Waals surface area contributed by atoms with Crippen molar-refractivity contribution in [2.75, 3.05) is 39.9 Å². The number of carbonyl (C=O) groups is 3. The van der Waals surface area contributed by atoms with E-state index in [2.05, 4.69) is 5.32 Å². The lowest BCUT2D eigenvalue weighted by Gasteiger charge is -2.29. The smallest absolute Gasteiger partial charge is 0.264 e. The first-order chi connectivity index (χ1) is 16.5. The van der Waals surface area contributed by atoms with Crippen LogP contribution in [0.1, 0.15) is 54.6 Å². The average Bonchev–Trinajstić information content (AvgIpc) is 3.38. The van der Waals surface area contributed by atoms with Gasteiger partial charge in [0.05, 0.1) is 17.5 Å². The quantitative estimate of drug-likeness (QED) is 0.523. The molecule has 3 amide bonds. The Bertz CT molecular complexity index is 844. The molecule has 9 heteroatoms. The highest BCUT2D eigenvalue weighted by Gasteiger charge is 2.46. The summed E-state index contributed by atoms with van der Waals surface area (Å²) in [4.78, 5) is 43.9. The first-order valence-corrected chi connectivity index (χ1v) is 13.5. The van der Waals surface area contributed by atoms with Crippen LogP contribution in [-0.2, 0) is 14.3 Å². The molecule has 3 N–H and O–H groups in total. The van der Waals surface area contributed by atoms with Gasteiger partial charge in [-0.1, -0.05) is 12.5 Å². The van der Waals surface area contributed by atoms with E-state index in [9.17, 15) is 14.4 Å². The summed E-state index contributed by atoms with van der Waals surface area (Å²) in [7, 11) is 1.61. The number of nitrogens with zero attached hydrogens (tertiary/aromatic N) is 2. The van der Waals surface area contributed by atoms with E-state index in [0.717, 1.165) is 32.1 Å². The molecular weight excluding hydrogens is 452 g/mol. The molecule has 8 nitrogen and oxygen atoms in total. The number of amides is 3. The zero-order chi connectivity index (χ0) is 24.1. The number of hydrogen-bond donors (Lipinski definition) is 2. The Kier molecular flexibility index (Phi) is 8.60. The fourth-order valence-corrected chi connectivity index (χ4v) is 6.12. The zero-order valence-electron chi connectivity index (χ0n) is 20.1. The van der Waals surface area contributed by atoms with Crippen LogP contribution in [0.4, 0.5) is 0 Å². The van der Waals surface area contributed by atoms with Crippen molar-refractivity contribution >= 4 is 29.1 Å². The predicted molar refractivity (Wildman–Crippen MR) is 131 cm³/mol. The first-order valence-electron chi connectivity index (χ1n) is 12.6. The van der Waals surface area contributed by atoms with Crippen molar-refractivity contribution in [2.45, 2.75) is 57.0 Å². The molecule has 0 radical (unpaired) electrons. The lowest BCUT2D eigenvalue weighted by molar-refractivity contribution is -0.139. The topological polar surface area (TPSA) is 105 Å². The van der Waals surface area contributed by atoms with Crippen LogP contribution in [0.2, 0.25) is 0 Å². The van der Waals surface area contributed by atoms with Crippen molar-refractivity contribution in [3.63, 3.8) is 0 Å². The van der Waals surface area contributed by atoms with Crippen LogP contribution < -0.4 is 11.1 Å². The molecule has 3 fully saturated rings. The van der Waals surface area contributed by atoms with Gasteiger partial charge in [0.2, 0.25) is 11.8 Å². The van der Waals surface area contributed by atoms with E-state index < -0.39 is 6.04 Å². The molecule has 0 aromatic carbocycles. The third-order valence-electron chi connectivity index (χ3n) is 7.55. The fraction of sp³-hybridized carbons (Fsp3) is 0.720. The third-order valence-corrected chi connectivity index (χ3v) is 8.41. The maximum atomic E-state index is 13.3. The summed E-state index contributed by atoms with van der Waals surface area (Å²) < 4.78 is 5.26. The number of thiophene rings is 1. The van der Waals surface area contributed by atoms with Crippen LogP contribution in [0.25, 0.3) is 0 Å². The standard InChI is InChI=1S/C25H38N4O4S/c1-33-10-9-28(25(32)22-6-3-11-34-22)20-13-21(29(16-20)24(31)19-7-8-19)23(30)27-15-18-5-2-4-17(12-18)14-26/h3,6,11,17-21H,2,4-5,7-10,12-16,26H2,1H3,(H,27,30). The molecule has 1 aromatic rings. The highest BCUT2D eigenvalue weighted by Crippen LogP contribution is 2.35. The summed E-state index contributed by atoms with van der Waals surface area (Å²) in [5, 5.41) is 5.03. The number of likely N-dealkylation sites (tertiary alicyclic amines) is 1. The van der Waals surface area contributed by atoms with Crippen LogP contribution >= 0.6 is 11.3 Å². The van der Waals surface area contributed by atoms with Gasteiger partial charge in [-0.15, -0.1) is 11.3 Å². The molecular formula is C25H38N4O4S. The van der Waals surface area contributed by atoms with Crippen LogP contribution in [0.5, 0.6) is 0 Å². The molecule has 1 aromatic heterocycles. The Labute approximate surface area is 206 Å². The highest BCUT2D eigenvalue weighted by molar-refractivity contribution is 7.12. The molecule has 4 unspecified atom stereocenters. The van der Waals surface area contributed by atoms with Gasteiger partial charge in [-0.05, 0) is 68.4 Å². The summed E-state index contributed by atoms with van der Waals surface area (Å²) in [5.41, 5.74) is 5.87. The number of methoxy groups -OCH3 is 1. The molecule has 0 spiro atoms. The normalized spacial score (nSPS) is 26.9. The second kappa shape index (κ2) is 11.6. The van der Waals surface area contributed by atoms with E-state index in [1.165, 1.54) is 17.8 Å². The molecule has 1 aliphatic heterocycles. The van der Waals surface area contributed by atoms with Gasteiger partial charge in [-0.25, -0.2) is 0 Å². The van der Waals surface area contributed by atoms with Gasteiger partial charge < -0.3 is 25.6 Å². The van der Waals surface area contributed by atoms with Gasteiger partial charge in [0, 0.05) is 32.7 Å². The monoisotopic (exact) mass is 490 g/mol. The summed E-state index contributed by atoms with van der Waals surface area (Å²) in [6, 6.07) is 2.94. The summed E-state index contributed by atoms with van der Waals surface area (Å²) in [6.07, 6.45) is 6.71. The summed E-state index contributed by atoms with van der Waals surface area (Å²) in [5.74, 6) is 0.900. The number of hydrogen-bond acceptors (Lipinski definition) is 6. The van der Waals surface area contributed by atoms with Crippen molar-refractivity contribution in [3.05, 3.63) is 22.4 Å². The minimum atomic E-state index is -0.534. The fourth-order valence-electron chi connectivity index (χ4n) is 5.44. The second-order valence-corrected chi connectivity index (χ2v) is 11.0. The van der Waals surface area contributed by atoms with Gasteiger partial charge in [0.25, 0.3) is 5.91 Å². The van der Waals surface area contributed by atoms with Crippen LogP contribution in [0, 0.1) is 17.8 Å². The molecule has 3 aliphatic rings. The van der Waals surface area contributed by atoms with Crippen molar-refractivity contribution in [3.8, 4) is 0 Å². The zero-order valence-corrected chi connectivity index (χ0v) is 20.9. The molecule has 188 valence electrons. The minimum absolute atomic E-state index is 0.0260. The summed E-state index contributed by atoms with van der Waals surface area (Å²) >= 11 is 1.41. The SMILES string of the molecule is COCCN(C(=O)c1cccs1)C1CC(C(=O)NCC2CCCC(CN)C2)N(C(=O)C2CC2)C1. The number of ether oxygens (including phenoxy) is 1. The maximum absolute atomic E-state index is 13.3. The lowest BCUT2D eigenvalue weighted by atomic mass is 9.81. The van der Waals surface area contributed by atoms with Gasteiger partial charge in [-0.3, -0.25) is 14.4 Å². The number of nitrogens with one attached hydrogen (secondary N) is 1. The van der Waals surface area contributed by atoms with Gasteiger partial charge in [0.15, 0.2) is 0 Å². The van der Waals surface area contributed by atoms with Gasteiger partial charge in [0.1, 0.15) is 6.04 Å². The Balaban J connectivity index is 1.44. The lowest BCUT2D eigenvalue weighted by Crippen LogP contribution is -2.47. The predicted octanol–water partition coefficient (Wildman–Crippen LogP) is 2.10. The van der Waals surface area contributed by atoms with Gasteiger partial charge >= 0.3 is 0 Å². The molecule has 2 aliphatic carbocycles. The Morgan fingerprint density at radius 2 is 2.00 bits per heavy atom. The van der Waals surface area contributed by atoms with E-state index in [1.54, 1.807) is 16.9 Å². The molecule has 1 saturated heterocycles. The van der Waals surface area contributed by atoms with Gasteiger partial charge in [-0.2, -0.15) is 0 Å². The molecule has 34 heavy (non-hydrogen) atoms. The van der Waals surface area contributed by atoms with Crippen LogP contribution in [0.3, 0.4) is 0 Å². The van der Waals surface area contributed by atoms with Crippen molar-refractivity contribution in [1.82, 2.24) is 15.1 Å². The van der Waals surface area contributed by atoms with E-state index >= 15 is 0 Å². The summed E-state index contributed by atoms with van der Waals surface area (Å²) in [6.45, 7) is 2.57. The minimum Gasteiger partial charge on any atom is -0.383 e. The second-order valence-electron chi connectivity index (χ2n) is 10.0. The van der Waals surface area contributed by atoms with Crippen molar-refractivity contribution < 1.29 is 19.1 Å². The number of rotatable bonds is 10. The Morgan fingerprint density at radius 3 is 2.68 bits per heavy atom. The number of carbonyl (C=O) groups excluding carboxylic acids is 3. The Hall–Kier alpha value is -1.97. The van der Waals surface area contributed by atoms with E-state index in [0.29, 0.717) is 55.9 Å². The van der Waals surface area contributed by atoms with Crippen molar-refractivity contribution in [2.24, 2.45) is 23.5 Å². The first kappa shape index (κ1) is 25.1. The third kappa shape index (κ3) is 5.98. The molecule has 4 rings (SSSR count). The molecule has 2 saturated carbocycles. The highest BCUT2D eigenvalue weighted by atomic mass is 32.1. The van der Waals surface area contributed by atoms with E-state index in [-0.39, 0.29) is 29.7 Å². The van der Waals surface area contributed by atoms with E-state index in [1.807, 2.05) is 17.5 Å². The van der Waals surface area contributed by atoms with Crippen LogP contribution in [-0.4, -0.2) is 79.5 Å². The molecule has 4 atom stereocenters. The number of nitrogens with two attached hydrogens (primary N) is 1. The largest absolute Gasteiger partial charge is 0.383 e. The maximum Gasteiger partial charge on any atom is 0.264 e. The Morgan fingerprint density at radius 1 is 1.21 bits per heavy atom. The average molecular weight is 491 g/mol. The van der Waals surface area contributed by atoms with Crippen LogP contribution in [0.15, 0.2) is 17.5 Å². The molecule has 0 bridgehead atoms. The van der Waals surface area contributed by atoms with E-state index in [4.69, 9.17) is 10.5 Å².